The van der Waals surface area contributed by atoms with Gasteiger partial charge in [0.05, 0.1) is 24.9 Å². The summed E-state index contributed by atoms with van der Waals surface area (Å²) in [4.78, 5) is 0. The van der Waals surface area contributed by atoms with Crippen molar-refractivity contribution in [1.29, 1.82) is 0 Å². The monoisotopic (exact) mass is 320 g/mol. The molecule has 1 fully saturated rings. The Hall–Kier alpha value is -1.24. The van der Waals surface area contributed by atoms with Crippen LogP contribution in [0.2, 0.25) is 0 Å². The Morgan fingerprint density at radius 3 is 2.57 bits per heavy atom. The summed E-state index contributed by atoms with van der Waals surface area (Å²) in [6.45, 7) is 0.393. The molecule has 2 aliphatic rings. The molecule has 23 heavy (non-hydrogen) atoms. The molecule has 3 rings (SSSR count). The van der Waals surface area contributed by atoms with Crippen LogP contribution in [-0.4, -0.2) is 47.8 Å². The zero-order valence-corrected chi connectivity index (χ0v) is 13.1. The lowest BCUT2D eigenvalue weighted by atomic mass is 10.1. The Kier molecular flexibility index (Phi) is 5.80. The van der Waals surface area contributed by atoms with Crippen LogP contribution >= 0.6 is 0 Å². The van der Waals surface area contributed by atoms with Gasteiger partial charge in [-0.2, -0.15) is 0 Å². The molecule has 1 aromatic carbocycles. The Morgan fingerprint density at radius 1 is 1.00 bits per heavy atom. The molecule has 0 unspecified atom stereocenters. The highest BCUT2D eigenvalue weighted by Crippen LogP contribution is 2.31. The van der Waals surface area contributed by atoms with Crippen molar-refractivity contribution in [3.8, 4) is 0 Å². The predicted octanol–water partition coefficient (Wildman–Crippen LogP) is 1.95. The molecule has 2 heterocycles. The average molecular weight is 320 g/mol. The number of hydrogen-bond acceptors (Lipinski definition) is 5. The summed E-state index contributed by atoms with van der Waals surface area (Å²) < 4.78 is 17.9. The predicted molar refractivity (Wildman–Crippen MR) is 84.8 cm³/mol. The fourth-order valence-electron chi connectivity index (χ4n) is 3.02. The largest absolute Gasteiger partial charge is 0.396 e. The van der Waals surface area contributed by atoms with Crippen LogP contribution in [-0.2, 0) is 14.2 Å². The Morgan fingerprint density at radius 2 is 1.78 bits per heavy atom. The maximum atomic E-state index is 10.2. The number of rotatable bonds is 3. The van der Waals surface area contributed by atoms with Gasteiger partial charge in [0.25, 0.3) is 0 Å². The third kappa shape index (κ3) is 4.19. The topological polar surface area (TPSA) is 68.2 Å². The van der Waals surface area contributed by atoms with Gasteiger partial charge >= 0.3 is 0 Å². The van der Waals surface area contributed by atoms with Crippen LogP contribution in [0.4, 0.5) is 0 Å². The fourth-order valence-corrected chi connectivity index (χ4v) is 3.02. The van der Waals surface area contributed by atoms with E-state index in [-0.39, 0.29) is 18.8 Å². The molecule has 1 aromatic rings. The van der Waals surface area contributed by atoms with E-state index in [1.807, 2.05) is 42.5 Å². The highest BCUT2D eigenvalue weighted by molar-refractivity contribution is 5.16. The first-order valence-corrected chi connectivity index (χ1v) is 8.19. The Balaban J connectivity index is 1.71. The van der Waals surface area contributed by atoms with Gasteiger partial charge in [-0.25, -0.2) is 0 Å². The summed E-state index contributed by atoms with van der Waals surface area (Å²) in [6.07, 6.45) is 3.83. The van der Waals surface area contributed by atoms with Crippen LogP contribution in [0, 0.1) is 0 Å². The summed E-state index contributed by atoms with van der Waals surface area (Å²) in [6, 6.07) is 9.84. The maximum absolute atomic E-state index is 10.2. The van der Waals surface area contributed by atoms with E-state index in [1.165, 1.54) is 0 Å². The van der Waals surface area contributed by atoms with E-state index in [0.717, 1.165) is 12.0 Å². The van der Waals surface area contributed by atoms with E-state index in [2.05, 4.69) is 0 Å². The van der Waals surface area contributed by atoms with Gasteiger partial charge < -0.3 is 24.4 Å². The van der Waals surface area contributed by atoms with Gasteiger partial charge in [-0.05, 0) is 19.3 Å². The highest BCUT2D eigenvalue weighted by Gasteiger charge is 2.36. The molecule has 2 N–H and O–H groups in total. The minimum Gasteiger partial charge on any atom is -0.396 e. The van der Waals surface area contributed by atoms with Gasteiger partial charge in [0.1, 0.15) is 6.10 Å². The molecule has 0 saturated carbocycles. The van der Waals surface area contributed by atoms with E-state index < -0.39 is 18.5 Å². The van der Waals surface area contributed by atoms with Crippen molar-refractivity contribution in [1.82, 2.24) is 0 Å². The second-order valence-corrected chi connectivity index (χ2v) is 5.99. The van der Waals surface area contributed by atoms with E-state index in [0.29, 0.717) is 19.4 Å². The van der Waals surface area contributed by atoms with E-state index in [1.54, 1.807) is 0 Å². The summed E-state index contributed by atoms with van der Waals surface area (Å²) in [7, 11) is 0. The van der Waals surface area contributed by atoms with Gasteiger partial charge in [0.2, 0.25) is 0 Å². The number of benzene rings is 1. The van der Waals surface area contributed by atoms with Crippen molar-refractivity contribution in [2.75, 3.05) is 13.2 Å². The maximum Gasteiger partial charge on any atom is 0.184 e. The van der Waals surface area contributed by atoms with Gasteiger partial charge in [0.15, 0.2) is 6.29 Å². The third-order valence-electron chi connectivity index (χ3n) is 4.30. The molecule has 0 aliphatic carbocycles. The lowest BCUT2D eigenvalue weighted by molar-refractivity contribution is -0.276. The van der Waals surface area contributed by atoms with Crippen molar-refractivity contribution in [2.45, 2.75) is 50.0 Å². The summed E-state index contributed by atoms with van der Waals surface area (Å²) in [5.74, 6) is 0. The summed E-state index contributed by atoms with van der Waals surface area (Å²) in [5.41, 5.74) is 0.988. The molecule has 1 saturated heterocycles. The molecule has 126 valence electrons. The molecule has 5 heteroatoms. The zero-order valence-electron chi connectivity index (χ0n) is 13.1. The first kappa shape index (κ1) is 16.6. The lowest BCUT2D eigenvalue weighted by Gasteiger charge is -2.38. The smallest absolute Gasteiger partial charge is 0.184 e. The second kappa shape index (κ2) is 8.04. The first-order chi connectivity index (χ1) is 11.3. The van der Waals surface area contributed by atoms with Crippen LogP contribution in [0.25, 0.3) is 0 Å². The molecule has 0 bridgehead atoms. The van der Waals surface area contributed by atoms with Crippen LogP contribution in [0.15, 0.2) is 42.5 Å². The first-order valence-electron chi connectivity index (χ1n) is 8.19. The average Bonchev–Trinajstić information content (AvgIpc) is 2.66. The molecule has 5 atom stereocenters. The molecular weight excluding hydrogens is 296 g/mol. The van der Waals surface area contributed by atoms with E-state index in [4.69, 9.17) is 14.2 Å². The molecule has 5 nitrogen and oxygen atoms in total. The van der Waals surface area contributed by atoms with Crippen molar-refractivity contribution in [3.63, 3.8) is 0 Å². The van der Waals surface area contributed by atoms with Gasteiger partial charge in [0, 0.05) is 12.2 Å². The van der Waals surface area contributed by atoms with Crippen LogP contribution < -0.4 is 0 Å². The van der Waals surface area contributed by atoms with Gasteiger partial charge in [-0.1, -0.05) is 42.5 Å². The van der Waals surface area contributed by atoms with E-state index in [9.17, 15) is 10.2 Å². The minimum absolute atomic E-state index is 0.0167. The number of aliphatic hydroxyl groups is 2. The fraction of sp³-hybridized carbons (Fsp3) is 0.556. The molecule has 2 aliphatic heterocycles. The van der Waals surface area contributed by atoms with Crippen molar-refractivity contribution < 1.29 is 24.4 Å². The van der Waals surface area contributed by atoms with Gasteiger partial charge in [-0.15, -0.1) is 0 Å². The normalized spacial score (nSPS) is 36.3. The SMILES string of the molecule is OCC[C@@H]1O[C@@H]2CO[C@@H](c3ccccc3)O[C@H]2C/C=C\C[C@H]1O. The number of aliphatic hydroxyl groups excluding tert-OH is 2. The Bertz CT molecular complexity index is 503. The van der Waals surface area contributed by atoms with Crippen molar-refractivity contribution in [3.05, 3.63) is 48.0 Å². The zero-order chi connectivity index (χ0) is 16.1. The quantitative estimate of drug-likeness (QED) is 0.833. The second-order valence-electron chi connectivity index (χ2n) is 5.99. The Labute approximate surface area is 136 Å². The highest BCUT2D eigenvalue weighted by atomic mass is 16.7. The molecule has 0 aromatic heterocycles. The third-order valence-corrected chi connectivity index (χ3v) is 4.30. The molecular formula is C18H24O5. The minimum atomic E-state index is -0.621. The molecule has 0 amide bonds. The van der Waals surface area contributed by atoms with Crippen LogP contribution in [0.3, 0.4) is 0 Å². The summed E-state index contributed by atoms with van der Waals surface area (Å²) in [5, 5.41) is 19.4. The standard InChI is InChI=1S/C18H24O5/c19-11-10-15-14(20)8-4-5-9-16-17(22-15)12-21-18(23-16)13-6-2-1-3-7-13/h1-7,14-20H,8-12H2/b5-4-/t14-,15+,16+,17-,18-/m1/s1. The van der Waals surface area contributed by atoms with E-state index >= 15 is 0 Å². The number of fused-ring (bicyclic) bond motifs is 1. The lowest BCUT2D eigenvalue weighted by Crippen LogP contribution is -2.45. The molecule has 0 spiro atoms. The molecule has 0 radical (unpaired) electrons. The van der Waals surface area contributed by atoms with Crippen molar-refractivity contribution >= 4 is 0 Å². The van der Waals surface area contributed by atoms with Gasteiger partial charge in [-0.3, -0.25) is 0 Å². The van der Waals surface area contributed by atoms with Crippen LogP contribution in [0.5, 0.6) is 0 Å². The number of hydrogen-bond donors (Lipinski definition) is 2. The van der Waals surface area contributed by atoms with Crippen LogP contribution in [0.1, 0.15) is 31.1 Å². The van der Waals surface area contributed by atoms with Crippen molar-refractivity contribution in [2.24, 2.45) is 0 Å². The summed E-state index contributed by atoms with van der Waals surface area (Å²) >= 11 is 0. The number of ether oxygens (including phenoxy) is 3.